The van der Waals surface area contributed by atoms with Gasteiger partial charge in [-0.2, -0.15) is 0 Å². The van der Waals surface area contributed by atoms with Crippen molar-refractivity contribution < 1.29 is 14.7 Å². The van der Waals surface area contributed by atoms with Crippen molar-refractivity contribution >= 4 is 35.4 Å². The number of hydrogen-bond acceptors (Lipinski definition) is 3. The van der Waals surface area contributed by atoms with E-state index in [1.54, 1.807) is 0 Å². The van der Waals surface area contributed by atoms with E-state index in [9.17, 15) is 4.79 Å². The van der Waals surface area contributed by atoms with Crippen molar-refractivity contribution in [3.8, 4) is 12.3 Å². The Morgan fingerprint density at radius 3 is 2.88 bits per heavy atom. The lowest BCUT2D eigenvalue weighted by atomic mass is 10.1. The highest BCUT2D eigenvalue weighted by Gasteiger charge is 2.14. The van der Waals surface area contributed by atoms with Gasteiger partial charge in [-0.1, -0.05) is 34.3 Å². The number of terminal acetylenes is 1. The van der Waals surface area contributed by atoms with Crippen LogP contribution in [0.15, 0.2) is 17.3 Å². The number of aromatic carboxylic acids is 1. The van der Waals surface area contributed by atoms with Crippen LogP contribution in [0.2, 0.25) is 10.0 Å². The lowest BCUT2D eigenvalue weighted by molar-refractivity contribution is 0.0697. The third-order valence-electron chi connectivity index (χ3n) is 1.76. The third kappa shape index (κ3) is 3.38. The van der Waals surface area contributed by atoms with Gasteiger partial charge in [-0.05, 0) is 12.1 Å². The molecule has 0 aliphatic carbocycles. The molecule has 0 unspecified atom stereocenters. The van der Waals surface area contributed by atoms with Crippen molar-refractivity contribution in [2.45, 2.75) is 0 Å². The van der Waals surface area contributed by atoms with Crippen LogP contribution in [0.5, 0.6) is 0 Å². The van der Waals surface area contributed by atoms with E-state index in [2.05, 4.69) is 15.9 Å². The monoisotopic (exact) mass is 271 g/mol. The smallest absolute Gasteiger partial charge is 0.337 e. The number of rotatable bonds is 4. The number of oxime groups is 1. The first-order valence-electron chi connectivity index (χ1n) is 4.38. The second kappa shape index (κ2) is 6.14. The normalized spacial score (nSPS) is 10.2. The zero-order chi connectivity index (χ0) is 12.8. The number of nitrogens with zero attached hydrogens (tertiary/aromatic N) is 1. The Bertz CT molecular complexity index is 506. The molecule has 0 aromatic heterocycles. The highest BCUT2D eigenvalue weighted by atomic mass is 35.5. The van der Waals surface area contributed by atoms with Gasteiger partial charge >= 0.3 is 5.97 Å². The van der Waals surface area contributed by atoms with Crippen LogP contribution in [0.3, 0.4) is 0 Å². The van der Waals surface area contributed by atoms with E-state index in [1.165, 1.54) is 18.3 Å². The van der Waals surface area contributed by atoms with Gasteiger partial charge in [0, 0.05) is 5.56 Å². The maximum absolute atomic E-state index is 10.8. The molecule has 0 saturated heterocycles. The molecule has 4 nitrogen and oxygen atoms in total. The predicted molar refractivity (Wildman–Crippen MR) is 65.8 cm³/mol. The minimum atomic E-state index is -1.15. The summed E-state index contributed by atoms with van der Waals surface area (Å²) >= 11 is 11.7. The van der Waals surface area contributed by atoms with Crippen LogP contribution in [-0.4, -0.2) is 23.9 Å². The van der Waals surface area contributed by atoms with Crippen LogP contribution in [0.4, 0.5) is 0 Å². The number of carboxylic acid groups (broad SMARTS) is 1. The molecule has 1 aromatic carbocycles. The first-order chi connectivity index (χ1) is 8.07. The molecule has 0 amide bonds. The van der Waals surface area contributed by atoms with Crippen LogP contribution < -0.4 is 0 Å². The van der Waals surface area contributed by atoms with Gasteiger partial charge in [0.05, 0.1) is 21.8 Å². The Labute approximate surface area is 108 Å². The summed E-state index contributed by atoms with van der Waals surface area (Å²) in [4.78, 5) is 15.5. The van der Waals surface area contributed by atoms with Gasteiger partial charge in [0.2, 0.25) is 0 Å². The van der Waals surface area contributed by atoms with E-state index >= 15 is 0 Å². The molecular weight excluding hydrogens is 265 g/mol. The molecule has 0 atom stereocenters. The number of carboxylic acids is 1. The van der Waals surface area contributed by atoms with Crippen LogP contribution in [0.1, 0.15) is 15.9 Å². The molecule has 6 heteroatoms. The third-order valence-corrected chi connectivity index (χ3v) is 2.50. The van der Waals surface area contributed by atoms with Crippen LogP contribution in [-0.2, 0) is 4.84 Å². The van der Waals surface area contributed by atoms with Gasteiger partial charge < -0.3 is 9.94 Å². The highest BCUT2D eigenvalue weighted by Crippen LogP contribution is 2.26. The Kier molecular flexibility index (Phi) is 4.83. The van der Waals surface area contributed by atoms with E-state index < -0.39 is 5.97 Å². The standard InChI is InChI=1S/C11H7Cl2NO3/c1-2-5-17-14-6-8-9(12)4-3-7(10(8)13)11(15)16/h1,3-4,6H,5H2,(H,15,16). The van der Waals surface area contributed by atoms with Gasteiger partial charge in [0.1, 0.15) is 0 Å². The number of carbonyl (C=O) groups is 1. The maximum atomic E-state index is 10.8. The fourth-order valence-electron chi connectivity index (χ4n) is 1.02. The summed E-state index contributed by atoms with van der Waals surface area (Å²) in [5, 5.41) is 12.7. The lowest BCUT2D eigenvalue weighted by Crippen LogP contribution is -2.00. The Hall–Kier alpha value is -1.70. The van der Waals surface area contributed by atoms with Crippen molar-refractivity contribution in [1.29, 1.82) is 0 Å². The van der Waals surface area contributed by atoms with Crippen LogP contribution in [0.25, 0.3) is 0 Å². The van der Waals surface area contributed by atoms with Crippen molar-refractivity contribution in [2.75, 3.05) is 6.61 Å². The van der Waals surface area contributed by atoms with Crippen molar-refractivity contribution in [1.82, 2.24) is 0 Å². The van der Waals surface area contributed by atoms with Crippen molar-refractivity contribution in [2.24, 2.45) is 5.16 Å². The Balaban J connectivity index is 3.06. The average molecular weight is 272 g/mol. The molecule has 0 bridgehead atoms. The minimum absolute atomic E-state index is 0.00180. The molecule has 88 valence electrons. The van der Waals surface area contributed by atoms with Crippen LogP contribution in [0, 0.1) is 12.3 Å². The second-order valence-corrected chi connectivity index (χ2v) is 3.62. The molecule has 0 radical (unpaired) electrons. The Morgan fingerprint density at radius 2 is 2.29 bits per heavy atom. The summed E-state index contributed by atoms with van der Waals surface area (Å²) in [6.07, 6.45) is 6.17. The van der Waals surface area contributed by atoms with Gasteiger partial charge in [-0.3, -0.25) is 0 Å². The zero-order valence-corrected chi connectivity index (χ0v) is 10.00. The fourth-order valence-corrected chi connectivity index (χ4v) is 1.57. The molecule has 1 aromatic rings. The zero-order valence-electron chi connectivity index (χ0n) is 8.48. The van der Waals surface area contributed by atoms with Gasteiger partial charge in [-0.25, -0.2) is 4.79 Å². The maximum Gasteiger partial charge on any atom is 0.337 e. The van der Waals surface area contributed by atoms with E-state index in [1.807, 2.05) is 0 Å². The summed E-state index contributed by atoms with van der Waals surface area (Å²) in [5.41, 5.74) is 0.208. The molecule has 17 heavy (non-hydrogen) atoms. The summed E-state index contributed by atoms with van der Waals surface area (Å²) < 4.78 is 0. The molecule has 0 saturated carbocycles. The lowest BCUT2D eigenvalue weighted by Gasteiger charge is -2.04. The molecule has 0 fully saturated rings. The molecular formula is C11H7Cl2NO3. The largest absolute Gasteiger partial charge is 0.478 e. The number of halogens is 2. The summed E-state index contributed by atoms with van der Waals surface area (Å²) in [7, 11) is 0. The second-order valence-electron chi connectivity index (χ2n) is 2.84. The van der Waals surface area contributed by atoms with Gasteiger partial charge in [0.25, 0.3) is 0 Å². The van der Waals surface area contributed by atoms with E-state index in [0.29, 0.717) is 0 Å². The highest BCUT2D eigenvalue weighted by molar-refractivity contribution is 6.40. The number of hydrogen-bond donors (Lipinski definition) is 1. The summed E-state index contributed by atoms with van der Waals surface area (Å²) in [5.74, 6) is 1.07. The Morgan fingerprint density at radius 1 is 1.59 bits per heavy atom. The first-order valence-corrected chi connectivity index (χ1v) is 5.13. The fraction of sp³-hybridized carbons (Fsp3) is 0.0909. The van der Waals surface area contributed by atoms with E-state index in [0.717, 1.165) is 0 Å². The molecule has 1 rings (SSSR count). The average Bonchev–Trinajstić information content (AvgIpc) is 2.27. The minimum Gasteiger partial charge on any atom is -0.478 e. The molecule has 1 N–H and O–H groups in total. The van der Waals surface area contributed by atoms with Gasteiger partial charge in [-0.15, -0.1) is 6.42 Å². The summed E-state index contributed by atoms with van der Waals surface area (Å²) in [6, 6.07) is 2.73. The van der Waals surface area contributed by atoms with E-state index in [4.69, 9.17) is 34.7 Å². The topological polar surface area (TPSA) is 58.9 Å². The van der Waals surface area contributed by atoms with E-state index in [-0.39, 0.29) is 27.8 Å². The van der Waals surface area contributed by atoms with Crippen molar-refractivity contribution in [3.05, 3.63) is 33.3 Å². The first kappa shape index (κ1) is 13.4. The quantitative estimate of drug-likeness (QED) is 0.397. The number of benzene rings is 1. The molecule has 0 aliphatic rings. The van der Waals surface area contributed by atoms with Crippen LogP contribution >= 0.6 is 23.2 Å². The SMILES string of the molecule is C#CCON=Cc1c(Cl)ccc(C(=O)O)c1Cl. The molecule has 0 heterocycles. The predicted octanol–water partition coefficient (Wildman–Crippen LogP) is 2.68. The van der Waals surface area contributed by atoms with Gasteiger partial charge in [0.15, 0.2) is 6.61 Å². The summed E-state index contributed by atoms with van der Waals surface area (Å²) in [6.45, 7) is 0.00432. The van der Waals surface area contributed by atoms with Crippen molar-refractivity contribution in [3.63, 3.8) is 0 Å². The molecule has 0 aliphatic heterocycles. The molecule has 0 spiro atoms.